The monoisotopic (exact) mass is 158 g/mol. The van der Waals surface area contributed by atoms with Crippen LogP contribution in [0.4, 0.5) is 0 Å². The number of aliphatic imine (C=N–C) groups is 1. The van der Waals surface area contributed by atoms with Gasteiger partial charge in [-0.2, -0.15) is 0 Å². The van der Waals surface area contributed by atoms with Gasteiger partial charge >= 0.3 is 0 Å². The Morgan fingerprint density at radius 1 is 1.36 bits per heavy atom. The van der Waals surface area contributed by atoms with Crippen LogP contribution in [0, 0.1) is 0 Å². The summed E-state index contributed by atoms with van der Waals surface area (Å²) in [7, 11) is 6.45. The van der Waals surface area contributed by atoms with Crippen molar-refractivity contribution in [2.24, 2.45) is 10.7 Å². The lowest BCUT2D eigenvalue weighted by Crippen LogP contribution is -2.37. The van der Waals surface area contributed by atoms with E-state index in [9.17, 15) is 0 Å². The lowest BCUT2D eigenvalue weighted by Gasteiger charge is -2.22. The first-order valence-electron chi connectivity index (χ1n) is 4.05. The third-order valence-corrected chi connectivity index (χ3v) is 1.45. The molecule has 0 bridgehead atoms. The predicted octanol–water partition coefficient (Wildman–Crippen LogP) is 0.460. The van der Waals surface area contributed by atoms with Gasteiger partial charge in [0.25, 0.3) is 0 Å². The van der Waals surface area contributed by atoms with E-state index in [1.54, 1.807) is 0 Å². The van der Waals surface area contributed by atoms with Gasteiger partial charge in [-0.25, -0.2) is 0 Å². The molecule has 0 aromatic heterocycles. The fourth-order valence-corrected chi connectivity index (χ4v) is 0.605. The number of hydrogen-bond acceptors (Lipinski definition) is 1. The van der Waals surface area contributed by atoms with Gasteiger partial charge in [0.05, 0.1) is 40.1 Å². The number of nitrogens with zero attached hydrogens (tertiary/aromatic N) is 2. The number of hydrogen-bond donors (Lipinski definition) is 1. The first-order valence-corrected chi connectivity index (χ1v) is 4.05. The minimum absolute atomic E-state index is 0.762. The van der Waals surface area contributed by atoms with Gasteiger partial charge in [-0.1, -0.05) is 6.92 Å². The molecule has 0 aromatic rings. The van der Waals surface area contributed by atoms with Crippen LogP contribution in [0.25, 0.3) is 0 Å². The van der Waals surface area contributed by atoms with Crippen LogP contribution in [0.1, 0.15) is 13.3 Å². The molecule has 2 N–H and O–H groups in total. The molecule has 0 aromatic carbocycles. The van der Waals surface area contributed by atoms with Crippen molar-refractivity contribution in [2.75, 3.05) is 34.2 Å². The Balaban J connectivity index is 3.57. The van der Waals surface area contributed by atoms with Crippen molar-refractivity contribution >= 4 is 5.84 Å². The Morgan fingerprint density at radius 2 is 1.91 bits per heavy atom. The fourth-order valence-electron chi connectivity index (χ4n) is 0.605. The maximum absolute atomic E-state index is 5.55. The van der Waals surface area contributed by atoms with Crippen LogP contribution < -0.4 is 5.73 Å². The van der Waals surface area contributed by atoms with E-state index in [1.165, 1.54) is 0 Å². The minimum Gasteiger partial charge on any atom is -0.387 e. The molecule has 0 amide bonds. The maximum Gasteiger partial charge on any atom is 0.0979 e. The largest absolute Gasteiger partial charge is 0.387 e. The third-order valence-electron chi connectivity index (χ3n) is 1.45. The number of rotatable bonds is 4. The number of amidine groups is 1. The smallest absolute Gasteiger partial charge is 0.0979 e. The van der Waals surface area contributed by atoms with Gasteiger partial charge < -0.3 is 10.2 Å². The van der Waals surface area contributed by atoms with Crippen LogP contribution >= 0.6 is 0 Å². The van der Waals surface area contributed by atoms with Crippen molar-refractivity contribution < 1.29 is 4.48 Å². The summed E-state index contributed by atoms with van der Waals surface area (Å²) in [5, 5.41) is 0. The van der Waals surface area contributed by atoms with Crippen molar-refractivity contribution in [2.45, 2.75) is 13.3 Å². The number of quaternary nitrogens is 1. The summed E-state index contributed by atoms with van der Waals surface area (Å²) in [6, 6.07) is 0. The predicted molar refractivity (Wildman–Crippen MR) is 49.7 cm³/mol. The molecule has 66 valence electrons. The van der Waals surface area contributed by atoms with Crippen molar-refractivity contribution in [3.63, 3.8) is 0 Å². The van der Waals surface area contributed by atoms with Gasteiger partial charge in [0.15, 0.2) is 0 Å². The number of nitrogens with two attached hydrogens (primary N) is 1. The summed E-state index contributed by atoms with van der Waals surface area (Å²) < 4.78 is 0.945. The van der Waals surface area contributed by atoms with Crippen LogP contribution in [0.2, 0.25) is 0 Å². The summed E-state index contributed by atoms with van der Waals surface area (Å²) in [5.41, 5.74) is 5.55. The molecule has 0 spiro atoms. The molecule has 0 aliphatic rings. The van der Waals surface area contributed by atoms with Crippen LogP contribution in [0.15, 0.2) is 4.99 Å². The highest BCUT2D eigenvalue weighted by Gasteiger charge is 2.04. The van der Waals surface area contributed by atoms with E-state index >= 15 is 0 Å². The summed E-state index contributed by atoms with van der Waals surface area (Å²) in [4.78, 5) is 4.21. The van der Waals surface area contributed by atoms with E-state index in [4.69, 9.17) is 5.73 Å². The van der Waals surface area contributed by atoms with E-state index in [2.05, 4.69) is 26.1 Å². The standard InChI is InChI=1S/C8H20N3/c1-5-8(9)10-6-7-11(2,3)4/h5-7H2,1-4H3,(H2,9,10)/q+1. The molecule has 0 saturated carbocycles. The topological polar surface area (TPSA) is 38.4 Å². The molecule has 0 fully saturated rings. The molecule has 0 radical (unpaired) electrons. The fraction of sp³-hybridized carbons (Fsp3) is 0.875. The third kappa shape index (κ3) is 7.33. The van der Waals surface area contributed by atoms with Crippen LogP contribution in [0.5, 0.6) is 0 Å². The van der Waals surface area contributed by atoms with Gasteiger partial charge in [-0.15, -0.1) is 0 Å². The molecular formula is C8H20N3+. The van der Waals surface area contributed by atoms with Crippen LogP contribution in [-0.4, -0.2) is 44.6 Å². The average molecular weight is 158 g/mol. The molecule has 0 aliphatic heterocycles. The van der Waals surface area contributed by atoms with Gasteiger partial charge in [-0.3, -0.25) is 4.99 Å². The molecule has 0 atom stereocenters. The molecule has 0 aliphatic carbocycles. The molecule has 3 heteroatoms. The lowest BCUT2D eigenvalue weighted by molar-refractivity contribution is -0.868. The second-order valence-electron chi connectivity index (χ2n) is 3.74. The first kappa shape index (κ1) is 10.4. The maximum atomic E-state index is 5.55. The Morgan fingerprint density at radius 3 is 2.27 bits per heavy atom. The average Bonchev–Trinajstić information content (AvgIpc) is 1.85. The van der Waals surface area contributed by atoms with Gasteiger partial charge in [0.1, 0.15) is 0 Å². The quantitative estimate of drug-likeness (QED) is 0.360. The van der Waals surface area contributed by atoms with Gasteiger partial charge in [0.2, 0.25) is 0 Å². The molecule has 0 saturated heterocycles. The molecule has 11 heavy (non-hydrogen) atoms. The Kier molecular flexibility index (Phi) is 4.11. The normalized spacial score (nSPS) is 13.6. The second-order valence-corrected chi connectivity index (χ2v) is 3.74. The SMILES string of the molecule is CCC(N)=NCC[N+](C)(C)C. The van der Waals surface area contributed by atoms with Gasteiger partial charge in [0, 0.05) is 6.42 Å². The van der Waals surface area contributed by atoms with E-state index in [1.807, 2.05) is 6.92 Å². The summed E-state index contributed by atoms with van der Waals surface area (Å²) in [6.45, 7) is 3.90. The second kappa shape index (κ2) is 4.34. The zero-order valence-corrected chi connectivity index (χ0v) is 8.09. The van der Waals surface area contributed by atoms with Crippen molar-refractivity contribution in [1.82, 2.24) is 0 Å². The molecule has 3 nitrogen and oxygen atoms in total. The molecule has 0 unspecified atom stereocenters. The first-order chi connectivity index (χ1) is 4.95. The van der Waals surface area contributed by atoms with E-state index in [0.717, 1.165) is 29.8 Å². The highest BCUT2D eigenvalue weighted by Crippen LogP contribution is 1.89. The Labute approximate surface area is 69.5 Å². The zero-order valence-electron chi connectivity index (χ0n) is 8.09. The van der Waals surface area contributed by atoms with E-state index in [0.29, 0.717) is 0 Å². The Bertz CT molecular complexity index is 133. The van der Waals surface area contributed by atoms with E-state index < -0.39 is 0 Å². The summed E-state index contributed by atoms with van der Waals surface area (Å²) >= 11 is 0. The van der Waals surface area contributed by atoms with Crippen LogP contribution in [-0.2, 0) is 0 Å². The number of likely N-dealkylation sites (N-methyl/N-ethyl adjacent to an activating group) is 1. The van der Waals surface area contributed by atoms with E-state index in [-0.39, 0.29) is 0 Å². The highest BCUT2D eigenvalue weighted by atomic mass is 15.3. The van der Waals surface area contributed by atoms with Crippen LogP contribution in [0.3, 0.4) is 0 Å². The van der Waals surface area contributed by atoms with Crippen molar-refractivity contribution in [3.05, 3.63) is 0 Å². The van der Waals surface area contributed by atoms with Crippen molar-refractivity contribution in [3.8, 4) is 0 Å². The molecule has 0 heterocycles. The Hall–Kier alpha value is -0.570. The summed E-state index contributed by atoms with van der Waals surface area (Å²) in [5.74, 6) is 0.762. The van der Waals surface area contributed by atoms with Gasteiger partial charge in [-0.05, 0) is 0 Å². The molecular weight excluding hydrogens is 138 g/mol. The highest BCUT2D eigenvalue weighted by molar-refractivity contribution is 5.79. The molecule has 0 rings (SSSR count). The summed E-state index contributed by atoms with van der Waals surface area (Å²) in [6.07, 6.45) is 0.858. The van der Waals surface area contributed by atoms with Crippen molar-refractivity contribution in [1.29, 1.82) is 0 Å². The lowest BCUT2D eigenvalue weighted by atomic mass is 10.4. The minimum atomic E-state index is 0.762. The zero-order chi connectivity index (χ0) is 8.91.